The summed E-state index contributed by atoms with van der Waals surface area (Å²) >= 11 is 4.14. The highest BCUT2D eigenvalue weighted by atomic mass is 32.1. The number of rotatable bonds is 17. The number of thiol groups is 1. The molecule has 3 aromatic rings. The number of hydrogen-bond acceptors (Lipinski definition) is 22. The number of carbonyl (C=O) groups excluding carboxylic acids is 2. The molecule has 1 fully saturated rings. The number of hydrogen-bond donors (Lipinski definition) is 11. The number of aromatic amines is 1. The SMILES string of the molecule is CC(=O)N[C@@H](CS)C(=O)c1cc2c(cc1C)nc1c(=O)[nH]c(=O)nc-1n2C[C@H](O)[C@H](O)[C@H](O)COP(=O)(O)OP(=O)(O)OC[C@H]1O[C@@H](n2cnc3c(N)ncnc32)[C@H](O)[C@@H]1O. The number of nitrogen functional groups attached to an aromatic ring is 1. The molecule has 2 unspecified atom stereocenters. The van der Waals surface area contributed by atoms with Crippen molar-refractivity contribution in [3.05, 3.63) is 56.8 Å². The van der Waals surface area contributed by atoms with Crippen molar-refractivity contribution in [2.24, 2.45) is 0 Å². The van der Waals surface area contributed by atoms with Gasteiger partial charge in [-0.1, -0.05) is 0 Å². The molecule has 0 spiro atoms. The zero-order valence-corrected chi connectivity index (χ0v) is 34.2. The first-order valence-corrected chi connectivity index (χ1v) is 21.3. The molecule has 3 aliphatic rings. The lowest BCUT2D eigenvalue weighted by molar-refractivity contribution is -0.119. The summed E-state index contributed by atoms with van der Waals surface area (Å²) in [6.07, 6.45) is -10.5. The molecule has 0 saturated carbocycles. The zero-order chi connectivity index (χ0) is 44.7. The lowest BCUT2D eigenvalue weighted by Crippen LogP contribution is -2.43. The number of nitrogens with zero attached hydrogens (tertiary/aromatic N) is 7. The molecule has 0 radical (unpaired) electrons. The van der Waals surface area contributed by atoms with E-state index in [2.05, 4.69) is 51.7 Å². The second kappa shape index (κ2) is 18.0. The molecule has 1 amide bonds. The van der Waals surface area contributed by atoms with E-state index in [4.69, 9.17) is 15.0 Å². The Balaban J connectivity index is 1.12. The van der Waals surface area contributed by atoms with Crippen LogP contribution in [0.3, 0.4) is 0 Å². The Labute approximate surface area is 346 Å². The van der Waals surface area contributed by atoms with Crippen LogP contribution in [-0.2, 0) is 38.6 Å². The number of ether oxygens (including phenoxy) is 1. The van der Waals surface area contributed by atoms with Crippen LogP contribution in [0.5, 0.6) is 0 Å². The van der Waals surface area contributed by atoms with Gasteiger partial charge in [-0.25, -0.2) is 33.9 Å². The van der Waals surface area contributed by atoms with Crippen molar-refractivity contribution in [2.75, 3.05) is 24.7 Å². The zero-order valence-electron chi connectivity index (χ0n) is 31.5. The van der Waals surface area contributed by atoms with Gasteiger partial charge in [-0.15, -0.1) is 0 Å². The van der Waals surface area contributed by atoms with Crippen LogP contribution >= 0.6 is 28.3 Å². The Hall–Kier alpha value is -4.64. The Morgan fingerprint density at radius 2 is 1.75 bits per heavy atom. The van der Waals surface area contributed by atoms with Gasteiger partial charge in [0.05, 0.1) is 37.1 Å². The van der Waals surface area contributed by atoms with Crippen LogP contribution in [0.1, 0.15) is 29.1 Å². The van der Waals surface area contributed by atoms with Gasteiger partial charge >= 0.3 is 21.3 Å². The Morgan fingerprint density at radius 3 is 2.44 bits per heavy atom. The third kappa shape index (κ3) is 9.87. The van der Waals surface area contributed by atoms with E-state index in [-0.39, 0.29) is 39.3 Å². The van der Waals surface area contributed by atoms with E-state index < -0.39 is 119 Å². The molecule has 0 bridgehead atoms. The van der Waals surface area contributed by atoms with Gasteiger partial charge < -0.3 is 55.7 Å². The number of aromatic nitrogens is 8. The molecular weight excluding hydrogens is 878 g/mol. The lowest BCUT2D eigenvalue weighted by Gasteiger charge is -2.26. The maximum atomic E-state index is 13.5. The second-order valence-corrected chi connectivity index (χ2v) is 17.0. The maximum Gasteiger partial charge on any atom is 0.481 e. The Bertz CT molecular complexity index is 2670. The van der Waals surface area contributed by atoms with E-state index in [9.17, 15) is 63.6 Å². The van der Waals surface area contributed by atoms with Crippen LogP contribution in [-0.4, -0.2) is 148 Å². The van der Waals surface area contributed by atoms with Crippen LogP contribution in [0.15, 0.2) is 34.4 Å². The number of imidazole rings is 1. The molecule has 3 aliphatic heterocycles. The number of amides is 1. The first-order chi connectivity index (χ1) is 28.6. The van der Waals surface area contributed by atoms with Gasteiger partial charge in [0, 0.05) is 18.2 Å². The van der Waals surface area contributed by atoms with Gasteiger partial charge in [0.25, 0.3) is 5.56 Å². The fourth-order valence-corrected chi connectivity index (χ4v) is 8.70. The fourth-order valence-electron chi connectivity index (χ4n) is 6.34. The van der Waals surface area contributed by atoms with Gasteiger partial charge in [0.2, 0.25) is 5.91 Å². The second-order valence-electron chi connectivity index (χ2n) is 13.6. The molecule has 330 valence electrons. The summed E-state index contributed by atoms with van der Waals surface area (Å²) in [4.78, 5) is 92.4. The number of carbonyl (C=O) groups is 2. The molecule has 11 N–H and O–H groups in total. The van der Waals surface area contributed by atoms with Crippen LogP contribution < -0.4 is 22.3 Å². The predicted octanol–water partition coefficient (Wildman–Crippen LogP) is -3.12. The summed E-state index contributed by atoms with van der Waals surface area (Å²) in [6.45, 7) is -0.355. The summed E-state index contributed by atoms with van der Waals surface area (Å²) in [5.41, 5.74) is 3.96. The number of aliphatic hydroxyl groups is 5. The molecule has 0 aliphatic carbocycles. The van der Waals surface area contributed by atoms with Crippen molar-refractivity contribution in [1.82, 2.24) is 44.4 Å². The molecule has 1 saturated heterocycles. The molecule has 61 heavy (non-hydrogen) atoms. The molecule has 2 aromatic heterocycles. The number of phosphoric acid groups is 2. The minimum absolute atomic E-state index is 0.0101. The normalized spacial score (nSPS) is 22.1. The van der Waals surface area contributed by atoms with E-state index in [1.54, 1.807) is 6.92 Å². The van der Waals surface area contributed by atoms with Crippen molar-refractivity contribution >= 4 is 68.0 Å². The van der Waals surface area contributed by atoms with Crippen molar-refractivity contribution in [3.63, 3.8) is 0 Å². The summed E-state index contributed by atoms with van der Waals surface area (Å²) in [5, 5.41) is 56.1. The van der Waals surface area contributed by atoms with Crippen molar-refractivity contribution < 1.29 is 72.1 Å². The number of ketones is 1. The summed E-state index contributed by atoms with van der Waals surface area (Å²) in [6, 6.07) is 1.61. The minimum atomic E-state index is -5.63. The quantitative estimate of drug-likeness (QED) is 0.0190. The van der Waals surface area contributed by atoms with Gasteiger partial charge in [-0.2, -0.15) is 21.9 Å². The third-order valence-corrected chi connectivity index (χ3v) is 12.2. The minimum Gasteiger partial charge on any atom is -0.388 e. The van der Waals surface area contributed by atoms with E-state index in [0.717, 1.165) is 10.9 Å². The first kappa shape index (κ1) is 45.9. The highest BCUT2D eigenvalue weighted by molar-refractivity contribution is 7.80. The number of aryl methyl sites for hydroxylation is 1. The van der Waals surface area contributed by atoms with E-state index in [1.165, 1.54) is 30.0 Å². The number of fused-ring (bicyclic) bond motifs is 3. The average Bonchev–Trinajstić information content (AvgIpc) is 3.74. The molecule has 1 aromatic carbocycles. The number of nitrogens with one attached hydrogen (secondary N) is 2. The van der Waals surface area contributed by atoms with Gasteiger partial charge in [0.15, 0.2) is 35.0 Å². The standard InChI is InChI=1S/C31H38N10O17P2S/c1-11-3-14-16(4-13(11)22(45)15(8-61)36-12(2)42)40(28-21(37-14)29(49)39-31(50)38-28)5-17(43)23(46)18(44)6-55-59(51,52)58-60(53,54)56-7-19-24(47)25(48)30(57-19)41-10-35-20-26(32)33-9-34-27(20)41/h3-4,9-10,15,17-19,23-25,30,43-44,46-48,61H,5-8H2,1-2H3,(H,36,42)(H,51,52)(H,53,54)(H2,32,33,34)(H,39,49,50)/t15-,17-,18+,19+,23-,24+,25+,30+/m0/s1. The molecule has 30 heteroatoms. The van der Waals surface area contributed by atoms with E-state index in [1.807, 2.05) is 4.98 Å². The molecule has 6 rings (SSSR count). The number of aliphatic hydroxyl groups excluding tert-OH is 5. The summed E-state index contributed by atoms with van der Waals surface area (Å²) in [7, 11) is -11.2. The molecule has 10 atom stereocenters. The van der Waals surface area contributed by atoms with Crippen molar-refractivity contribution in [2.45, 2.75) is 69.3 Å². The van der Waals surface area contributed by atoms with Crippen molar-refractivity contribution in [1.29, 1.82) is 0 Å². The third-order valence-electron chi connectivity index (χ3n) is 9.27. The number of phosphoric ester groups is 2. The molecule has 27 nitrogen and oxygen atoms in total. The Kier molecular flexibility index (Phi) is 13.5. The number of anilines is 1. The lowest BCUT2D eigenvalue weighted by atomic mass is 9.98. The molecular formula is C31H38N10O17P2S. The monoisotopic (exact) mass is 916 g/mol. The van der Waals surface area contributed by atoms with E-state index in [0.29, 0.717) is 5.56 Å². The average molecular weight is 917 g/mol. The van der Waals surface area contributed by atoms with Crippen molar-refractivity contribution in [3.8, 4) is 11.5 Å². The van der Waals surface area contributed by atoms with Gasteiger partial charge in [-0.05, 0) is 24.6 Å². The number of nitrogens with two attached hydrogens (primary N) is 1. The predicted molar refractivity (Wildman–Crippen MR) is 208 cm³/mol. The summed E-state index contributed by atoms with van der Waals surface area (Å²) in [5.74, 6) is -1.60. The fraction of sp³-hybridized carbons (Fsp3) is 0.452. The highest BCUT2D eigenvalue weighted by Crippen LogP contribution is 2.60. The first-order valence-electron chi connectivity index (χ1n) is 17.6. The smallest absolute Gasteiger partial charge is 0.388 e. The summed E-state index contributed by atoms with van der Waals surface area (Å²) < 4.78 is 46.6. The maximum absolute atomic E-state index is 13.5. The van der Waals surface area contributed by atoms with Crippen LogP contribution in [0.2, 0.25) is 0 Å². The highest BCUT2D eigenvalue weighted by Gasteiger charge is 2.46. The van der Waals surface area contributed by atoms with Crippen LogP contribution in [0.4, 0.5) is 5.82 Å². The van der Waals surface area contributed by atoms with Gasteiger partial charge in [-0.3, -0.25) is 33.0 Å². The van der Waals surface area contributed by atoms with Gasteiger partial charge in [0.1, 0.15) is 54.5 Å². The number of H-pyrrole nitrogens is 1. The van der Waals surface area contributed by atoms with E-state index >= 15 is 0 Å². The topological polar surface area (TPSA) is 409 Å². The largest absolute Gasteiger partial charge is 0.481 e. The Morgan fingerprint density at radius 1 is 1.05 bits per heavy atom. The molecule has 5 heterocycles. The number of Topliss-reactive ketones (excluding diaryl/α,β-unsaturated/α-hetero) is 1. The van der Waals surface area contributed by atoms with Crippen LogP contribution in [0.25, 0.3) is 33.7 Å². The van der Waals surface area contributed by atoms with Crippen LogP contribution in [0, 0.1) is 6.92 Å². The number of benzene rings is 1.